The highest BCUT2D eigenvalue weighted by molar-refractivity contribution is 8.15. The van der Waals surface area contributed by atoms with Crippen LogP contribution in [0.1, 0.15) is 39.0 Å². The number of nitrogens with zero attached hydrogens (tertiary/aromatic N) is 2. The van der Waals surface area contributed by atoms with Gasteiger partial charge in [-0.15, -0.1) is 0 Å². The summed E-state index contributed by atoms with van der Waals surface area (Å²) in [4.78, 5) is 28.3. The molecule has 0 radical (unpaired) electrons. The van der Waals surface area contributed by atoms with Crippen LogP contribution >= 0.6 is 11.9 Å². The Morgan fingerprint density at radius 1 is 1.26 bits per heavy atom. The quantitative estimate of drug-likeness (QED) is 0.652. The molecule has 1 heterocycles. The van der Waals surface area contributed by atoms with E-state index in [1.54, 1.807) is 4.31 Å². The summed E-state index contributed by atoms with van der Waals surface area (Å²) < 4.78 is 6.18. The Balaban J connectivity index is 2.11. The van der Waals surface area contributed by atoms with Crippen LogP contribution in [-0.4, -0.2) is 24.3 Å². The van der Waals surface area contributed by atoms with Gasteiger partial charge >= 0.3 is 6.09 Å². The lowest BCUT2D eigenvalue weighted by molar-refractivity contribution is -0.117. The number of para-hydroxylation sites is 2. The Morgan fingerprint density at radius 2 is 2.04 bits per heavy atom. The van der Waals surface area contributed by atoms with Crippen LogP contribution in [0.2, 0.25) is 0 Å². The van der Waals surface area contributed by atoms with Gasteiger partial charge in [0, 0.05) is 18.4 Å². The molecule has 0 unspecified atom stereocenters. The predicted octanol–water partition coefficient (Wildman–Crippen LogP) is 4.00. The van der Waals surface area contributed by atoms with Crippen LogP contribution in [-0.2, 0) is 9.53 Å². The van der Waals surface area contributed by atoms with E-state index in [4.69, 9.17) is 0 Å². The first kappa shape index (κ1) is 17.3. The molecular weight excluding hydrogens is 314 g/mol. The number of fused-ring (bicyclic) bond motifs is 1. The molecule has 0 bridgehead atoms. The van der Waals surface area contributed by atoms with E-state index in [-0.39, 0.29) is 5.91 Å². The molecule has 1 aromatic carbocycles. The molecule has 0 saturated carbocycles. The third kappa shape index (κ3) is 4.72. The molecule has 1 N–H and O–H groups in total. The number of hydrogen-bond acceptors (Lipinski definition) is 5. The van der Waals surface area contributed by atoms with Gasteiger partial charge in [0.15, 0.2) is 5.17 Å². The summed E-state index contributed by atoms with van der Waals surface area (Å²) in [6, 6.07) is 7.37. The molecule has 7 heteroatoms. The number of carbonyl (C=O) groups is 2. The van der Waals surface area contributed by atoms with Crippen molar-refractivity contribution in [2.45, 2.75) is 39.0 Å². The standard InChI is InChI=1S/C16H21N3O3S/c1-3-4-5-6-11-14(20)19-13-10-8-7-9-12(13)17-15(23-19)18-16(21)22-2/h7-10H,3-6,11H2,1-2H3,(H,17,18,21). The summed E-state index contributed by atoms with van der Waals surface area (Å²) >= 11 is 1.11. The second-order valence-electron chi connectivity index (χ2n) is 5.11. The van der Waals surface area contributed by atoms with Crippen LogP contribution in [0.5, 0.6) is 0 Å². The third-order valence-corrected chi connectivity index (χ3v) is 4.31. The normalized spacial score (nSPS) is 13.1. The number of amidine groups is 1. The van der Waals surface area contributed by atoms with Gasteiger partial charge in [-0.05, 0) is 18.6 Å². The van der Waals surface area contributed by atoms with Crippen molar-refractivity contribution in [1.29, 1.82) is 0 Å². The lowest BCUT2D eigenvalue weighted by Crippen LogP contribution is -2.35. The van der Waals surface area contributed by atoms with Crippen LogP contribution < -0.4 is 9.62 Å². The van der Waals surface area contributed by atoms with Crippen molar-refractivity contribution in [3.05, 3.63) is 24.3 Å². The molecule has 0 aliphatic carbocycles. The van der Waals surface area contributed by atoms with Crippen LogP contribution in [0, 0.1) is 0 Å². The molecule has 2 amide bonds. The second kappa shape index (κ2) is 8.57. The largest absolute Gasteiger partial charge is 0.453 e. The number of benzene rings is 1. The SMILES string of the molecule is CCCCCCC(=O)N1SC(NC(=O)OC)=Nc2ccccc21. The molecule has 1 aromatic rings. The molecular formula is C16H21N3O3S. The van der Waals surface area contributed by atoms with Gasteiger partial charge in [0.2, 0.25) is 5.91 Å². The Hall–Kier alpha value is -2.02. The van der Waals surface area contributed by atoms with Gasteiger partial charge in [0.1, 0.15) is 0 Å². The third-order valence-electron chi connectivity index (χ3n) is 3.37. The first-order chi connectivity index (χ1) is 11.2. The van der Waals surface area contributed by atoms with Crippen molar-refractivity contribution in [1.82, 2.24) is 5.32 Å². The van der Waals surface area contributed by atoms with Crippen LogP contribution in [0.4, 0.5) is 16.2 Å². The minimum Gasteiger partial charge on any atom is -0.453 e. The summed E-state index contributed by atoms with van der Waals surface area (Å²) in [5, 5.41) is 2.86. The van der Waals surface area contributed by atoms with Gasteiger partial charge in [-0.2, -0.15) is 0 Å². The average Bonchev–Trinajstić information content (AvgIpc) is 2.57. The van der Waals surface area contributed by atoms with Crippen molar-refractivity contribution in [2.24, 2.45) is 4.99 Å². The molecule has 0 aromatic heterocycles. The fourth-order valence-corrected chi connectivity index (χ4v) is 3.06. The average molecular weight is 335 g/mol. The molecule has 124 valence electrons. The molecule has 23 heavy (non-hydrogen) atoms. The van der Waals surface area contributed by atoms with E-state index < -0.39 is 6.09 Å². The maximum atomic E-state index is 12.5. The van der Waals surface area contributed by atoms with Gasteiger partial charge < -0.3 is 4.74 Å². The zero-order valence-corrected chi connectivity index (χ0v) is 14.2. The van der Waals surface area contributed by atoms with E-state index in [1.807, 2.05) is 24.3 Å². The summed E-state index contributed by atoms with van der Waals surface area (Å²) in [5.74, 6) is 0.0117. The van der Waals surface area contributed by atoms with E-state index in [9.17, 15) is 9.59 Å². The zero-order valence-electron chi connectivity index (χ0n) is 13.4. The van der Waals surface area contributed by atoms with Gasteiger partial charge in [0.25, 0.3) is 0 Å². The predicted molar refractivity (Wildman–Crippen MR) is 92.9 cm³/mol. The van der Waals surface area contributed by atoms with E-state index in [2.05, 4.69) is 22.0 Å². The Bertz CT molecular complexity index is 604. The first-order valence-corrected chi connectivity index (χ1v) is 8.46. The molecule has 0 fully saturated rings. The molecule has 2 rings (SSSR count). The second-order valence-corrected chi connectivity index (χ2v) is 6.05. The lowest BCUT2D eigenvalue weighted by Gasteiger charge is -2.26. The van der Waals surface area contributed by atoms with Crippen molar-refractivity contribution in [3.63, 3.8) is 0 Å². The fourth-order valence-electron chi connectivity index (χ4n) is 2.17. The van der Waals surface area contributed by atoms with Gasteiger partial charge in [-0.3, -0.25) is 10.1 Å². The molecule has 0 saturated heterocycles. The monoisotopic (exact) mass is 335 g/mol. The maximum Gasteiger partial charge on any atom is 0.412 e. The Morgan fingerprint density at radius 3 is 2.78 bits per heavy atom. The number of rotatable bonds is 5. The number of unbranched alkanes of at least 4 members (excludes halogenated alkanes) is 3. The van der Waals surface area contributed by atoms with Crippen LogP contribution in [0.3, 0.4) is 0 Å². The number of amides is 2. The molecule has 6 nitrogen and oxygen atoms in total. The fraction of sp³-hybridized carbons (Fsp3) is 0.438. The number of aliphatic imine (C=N–C) groups is 1. The summed E-state index contributed by atoms with van der Waals surface area (Å²) in [6.45, 7) is 2.14. The van der Waals surface area contributed by atoms with Gasteiger partial charge in [0.05, 0.1) is 18.5 Å². The van der Waals surface area contributed by atoms with Crippen molar-refractivity contribution >= 4 is 40.5 Å². The summed E-state index contributed by atoms with van der Waals surface area (Å²) in [5.41, 5.74) is 1.40. The van der Waals surface area contributed by atoms with Crippen molar-refractivity contribution in [2.75, 3.05) is 11.4 Å². The molecule has 1 aliphatic rings. The number of carbonyl (C=O) groups excluding carboxylic acids is 2. The van der Waals surface area contributed by atoms with E-state index in [1.165, 1.54) is 7.11 Å². The first-order valence-electron chi connectivity index (χ1n) is 7.69. The number of nitrogens with one attached hydrogen (secondary N) is 1. The number of anilines is 1. The van der Waals surface area contributed by atoms with E-state index >= 15 is 0 Å². The highest BCUT2D eigenvalue weighted by Crippen LogP contribution is 2.38. The smallest absolute Gasteiger partial charge is 0.412 e. The number of methoxy groups -OCH3 is 1. The number of ether oxygens (including phenoxy) is 1. The molecule has 0 atom stereocenters. The summed E-state index contributed by atoms with van der Waals surface area (Å²) in [7, 11) is 1.29. The number of alkyl carbamates (subject to hydrolysis) is 1. The molecule has 1 aliphatic heterocycles. The molecule has 0 spiro atoms. The van der Waals surface area contributed by atoms with E-state index in [0.717, 1.165) is 43.3 Å². The van der Waals surface area contributed by atoms with Crippen molar-refractivity contribution in [3.8, 4) is 0 Å². The highest BCUT2D eigenvalue weighted by atomic mass is 32.2. The van der Waals surface area contributed by atoms with Gasteiger partial charge in [-0.1, -0.05) is 38.3 Å². The van der Waals surface area contributed by atoms with Gasteiger partial charge in [-0.25, -0.2) is 14.1 Å². The maximum absolute atomic E-state index is 12.5. The topological polar surface area (TPSA) is 71.0 Å². The zero-order chi connectivity index (χ0) is 16.7. The summed E-state index contributed by atoms with van der Waals surface area (Å²) in [6.07, 6.45) is 4.05. The van der Waals surface area contributed by atoms with E-state index in [0.29, 0.717) is 17.3 Å². The van der Waals surface area contributed by atoms with Crippen molar-refractivity contribution < 1.29 is 14.3 Å². The Labute approximate surface area is 140 Å². The number of hydrogen-bond donors (Lipinski definition) is 1. The van der Waals surface area contributed by atoms with Crippen LogP contribution in [0.15, 0.2) is 29.3 Å². The minimum absolute atomic E-state index is 0.0117. The lowest BCUT2D eigenvalue weighted by atomic mass is 10.1. The van der Waals surface area contributed by atoms with Crippen LogP contribution in [0.25, 0.3) is 0 Å². The Kier molecular flexibility index (Phi) is 6.46. The minimum atomic E-state index is -0.606. The highest BCUT2D eigenvalue weighted by Gasteiger charge is 2.26.